The summed E-state index contributed by atoms with van der Waals surface area (Å²) in [5.41, 5.74) is 1.60. The van der Waals surface area contributed by atoms with E-state index >= 15 is 0 Å². The zero-order valence-corrected chi connectivity index (χ0v) is 12.1. The predicted molar refractivity (Wildman–Crippen MR) is 80.1 cm³/mol. The molecule has 1 aromatic rings. The third-order valence-electron chi connectivity index (χ3n) is 3.32. The van der Waals surface area contributed by atoms with Gasteiger partial charge in [0.1, 0.15) is 0 Å². The molecule has 1 saturated heterocycles. The lowest BCUT2D eigenvalue weighted by atomic mass is 10.0. The van der Waals surface area contributed by atoms with Crippen molar-refractivity contribution in [2.24, 2.45) is 0 Å². The van der Waals surface area contributed by atoms with Gasteiger partial charge in [0.25, 0.3) is 0 Å². The van der Waals surface area contributed by atoms with Crippen LogP contribution in [0.4, 0.5) is 11.4 Å². The molecule has 1 aliphatic rings. The van der Waals surface area contributed by atoms with Gasteiger partial charge in [-0.05, 0) is 31.5 Å². The first-order chi connectivity index (χ1) is 9.09. The first kappa shape index (κ1) is 14.2. The van der Waals surface area contributed by atoms with Crippen LogP contribution < -0.4 is 15.5 Å². The van der Waals surface area contributed by atoms with Crippen LogP contribution in [0.2, 0.25) is 5.02 Å². The quantitative estimate of drug-likeness (QED) is 0.895. The van der Waals surface area contributed by atoms with E-state index in [1.54, 1.807) is 0 Å². The van der Waals surface area contributed by atoms with Crippen molar-refractivity contribution in [2.75, 3.05) is 30.9 Å². The number of rotatable bonds is 3. The van der Waals surface area contributed by atoms with Crippen LogP contribution in [0.3, 0.4) is 0 Å². The number of anilines is 2. The molecule has 104 valence electrons. The van der Waals surface area contributed by atoms with E-state index in [0.717, 1.165) is 37.2 Å². The molecule has 1 atom stereocenters. The molecule has 5 heteroatoms. The van der Waals surface area contributed by atoms with Gasteiger partial charge >= 0.3 is 0 Å². The third kappa shape index (κ3) is 3.39. The van der Waals surface area contributed by atoms with E-state index in [9.17, 15) is 4.79 Å². The van der Waals surface area contributed by atoms with Gasteiger partial charge in [-0.25, -0.2) is 0 Å². The Morgan fingerprint density at radius 3 is 2.84 bits per heavy atom. The zero-order valence-electron chi connectivity index (χ0n) is 11.4. The van der Waals surface area contributed by atoms with Gasteiger partial charge in [0.15, 0.2) is 0 Å². The summed E-state index contributed by atoms with van der Waals surface area (Å²) in [6.45, 7) is 0.911. The van der Waals surface area contributed by atoms with E-state index in [1.807, 2.05) is 37.2 Å². The summed E-state index contributed by atoms with van der Waals surface area (Å²) in [4.78, 5) is 14.1. The average molecular weight is 282 g/mol. The van der Waals surface area contributed by atoms with Crippen LogP contribution >= 0.6 is 11.6 Å². The SMILES string of the molecule is CN(C)c1c(Cl)cccc1NC(=O)[C@H]1CCCCN1. The maximum atomic E-state index is 12.2. The molecule has 0 unspecified atom stereocenters. The number of halogens is 1. The molecule has 19 heavy (non-hydrogen) atoms. The van der Waals surface area contributed by atoms with Crippen LogP contribution in [-0.4, -0.2) is 32.6 Å². The summed E-state index contributed by atoms with van der Waals surface area (Å²) in [6.07, 6.45) is 3.13. The van der Waals surface area contributed by atoms with Gasteiger partial charge in [0.2, 0.25) is 5.91 Å². The Morgan fingerprint density at radius 2 is 2.21 bits per heavy atom. The highest BCUT2D eigenvalue weighted by atomic mass is 35.5. The van der Waals surface area contributed by atoms with Gasteiger partial charge in [0, 0.05) is 14.1 Å². The summed E-state index contributed by atoms with van der Waals surface area (Å²) >= 11 is 6.19. The van der Waals surface area contributed by atoms with Crippen LogP contribution in [0.15, 0.2) is 18.2 Å². The molecular formula is C14H20ClN3O. The highest BCUT2D eigenvalue weighted by Gasteiger charge is 2.21. The number of nitrogens with zero attached hydrogens (tertiary/aromatic N) is 1. The first-order valence-corrected chi connectivity index (χ1v) is 6.97. The molecular weight excluding hydrogens is 262 g/mol. The molecule has 2 N–H and O–H groups in total. The van der Waals surface area contributed by atoms with Crippen molar-refractivity contribution in [3.05, 3.63) is 23.2 Å². The molecule has 1 heterocycles. The van der Waals surface area contributed by atoms with Crippen molar-refractivity contribution >= 4 is 28.9 Å². The van der Waals surface area contributed by atoms with Gasteiger partial charge < -0.3 is 15.5 Å². The van der Waals surface area contributed by atoms with E-state index in [-0.39, 0.29) is 11.9 Å². The lowest BCUT2D eigenvalue weighted by Crippen LogP contribution is -2.43. The lowest BCUT2D eigenvalue weighted by molar-refractivity contribution is -0.118. The molecule has 0 aliphatic carbocycles. The van der Waals surface area contributed by atoms with Crippen molar-refractivity contribution in [3.63, 3.8) is 0 Å². The highest BCUT2D eigenvalue weighted by molar-refractivity contribution is 6.34. The summed E-state index contributed by atoms with van der Waals surface area (Å²) in [5, 5.41) is 6.86. The second-order valence-electron chi connectivity index (χ2n) is 5.02. The van der Waals surface area contributed by atoms with Crippen LogP contribution in [0, 0.1) is 0 Å². The van der Waals surface area contributed by atoms with Crippen LogP contribution in [-0.2, 0) is 4.79 Å². The second kappa shape index (κ2) is 6.26. The summed E-state index contributed by atoms with van der Waals surface area (Å²) in [5.74, 6) is 0.0186. The Bertz CT molecular complexity index is 456. The monoisotopic (exact) mass is 281 g/mol. The lowest BCUT2D eigenvalue weighted by Gasteiger charge is -2.24. The van der Waals surface area contributed by atoms with E-state index in [0.29, 0.717) is 5.02 Å². The van der Waals surface area contributed by atoms with E-state index in [4.69, 9.17) is 11.6 Å². The number of para-hydroxylation sites is 1. The number of carbonyl (C=O) groups is 1. The Labute approximate surface area is 119 Å². The predicted octanol–water partition coefficient (Wildman–Crippen LogP) is 2.49. The van der Waals surface area contributed by atoms with Crippen molar-refractivity contribution in [3.8, 4) is 0 Å². The molecule has 0 bridgehead atoms. The Morgan fingerprint density at radius 1 is 1.42 bits per heavy atom. The number of hydrogen-bond donors (Lipinski definition) is 2. The molecule has 0 spiro atoms. The fraction of sp³-hybridized carbons (Fsp3) is 0.500. The summed E-state index contributed by atoms with van der Waals surface area (Å²) < 4.78 is 0. The molecule has 1 amide bonds. The van der Waals surface area contributed by atoms with E-state index in [2.05, 4.69) is 10.6 Å². The highest BCUT2D eigenvalue weighted by Crippen LogP contribution is 2.32. The van der Waals surface area contributed by atoms with Crippen LogP contribution in [0.25, 0.3) is 0 Å². The maximum Gasteiger partial charge on any atom is 0.241 e. The molecule has 1 fully saturated rings. The van der Waals surface area contributed by atoms with Crippen molar-refractivity contribution in [2.45, 2.75) is 25.3 Å². The minimum Gasteiger partial charge on any atom is -0.375 e. The third-order valence-corrected chi connectivity index (χ3v) is 3.62. The van der Waals surface area contributed by atoms with Crippen molar-refractivity contribution in [1.82, 2.24) is 5.32 Å². The van der Waals surface area contributed by atoms with E-state index in [1.165, 1.54) is 0 Å². The van der Waals surface area contributed by atoms with Gasteiger partial charge in [-0.1, -0.05) is 24.1 Å². The van der Waals surface area contributed by atoms with Gasteiger partial charge in [-0.2, -0.15) is 0 Å². The van der Waals surface area contributed by atoms with Crippen LogP contribution in [0.5, 0.6) is 0 Å². The summed E-state index contributed by atoms with van der Waals surface area (Å²) in [7, 11) is 3.82. The molecule has 2 rings (SSSR count). The number of piperidine rings is 1. The number of nitrogens with one attached hydrogen (secondary N) is 2. The fourth-order valence-corrected chi connectivity index (χ4v) is 2.71. The average Bonchev–Trinajstić information content (AvgIpc) is 2.39. The van der Waals surface area contributed by atoms with Crippen molar-refractivity contribution < 1.29 is 4.79 Å². The number of benzene rings is 1. The van der Waals surface area contributed by atoms with Gasteiger partial charge in [-0.3, -0.25) is 4.79 Å². The van der Waals surface area contributed by atoms with Crippen LogP contribution in [0.1, 0.15) is 19.3 Å². The first-order valence-electron chi connectivity index (χ1n) is 6.59. The van der Waals surface area contributed by atoms with E-state index < -0.39 is 0 Å². The molecule has 1 aliphatic heterocycles. The molecule has 0 aromatic heterocycles. The van der Waals surface area contributed by atoms with Gasteiger partial charge in [-0.15, -0.1) is 0 Å². The Hall–Kier alpha value is -1.26. The normalized spacial score (nSPS) is 19.0. The molecule has 0 radical (unpaired) electrons. The minimum atomic E-state index is -0.0947. The Kier molecular flexibility index (Phi) is 4.66. The van der Waals surface area contributed by atoms with Crippen molar-refractivity contribution in [1.29, 1.82) is 0 Å². The number of amides is 1. The zero-order chi connectivity index (χ0) is 13.8. The summed E-state index contributed by atoms with van der Waals surface area (Å²) in [6, 6.07) is 5.45. The molecule has 1 aromatic carbocycles. The largest absolute Gasteiger partial charge is 0.375 e. The maximum absolute atomic E-state index is 12.2. The topological polar surface area (TPSA) is 44.4 Å². The minimum absolute atomic E-state index is 0.0186. The fourth-order valence-electron chi connectivity index (χ4n) is 2.37. The smallest absolute Gasteiger partial charge is 0.241 e. The molecule has 0 saturated carbocycles. The molecule has 4 nitrogen and oxygen atoms in total. The standard InChI is InChI=1S/C14H20ClN3O/c1-18(2)13-10(15)6-5-8-11(13)17-14(19)12-7-3-4-9-16-12/h5-6,8,12,16H,3-4,7,9H2,1-2H3,(H,17,19)/t12-/m1/s1. The second-order valence-corrected chi connectivity index (χ2v) is 5.43. The number of hydrogen-bond acceptors (Lipinski definition) is 3. The number of carbonyl (C=O) groups excluding carboxylic acids is 1. The Balaban J connectivity index is 2.14. The van der Waals surface area contributed by atoms with Gasteiger partial charge in [0.05, 0.1) is 22.4 Å².